The first-order valence-corrected chi connectivity index (χ1v) is 7.87. The molecule has 1 heterocycles. The molecule has 0 unspecified atom stereocenters. The lowest BCUT2D eigenvalue weighted by atomic mass is 9.95. The van der Waals surface area contributed by atoms with Crippen LogP contribution in [0.1, 0.15) is 40.1 Å². The molecule has 0 aliphatic heterocycles. The van der Waals surface area contributed by atoms with Crippen molar-refractivity contribution in [1.82, 2.24) is 0 Å². The molecule has 6 heteroatoms. The third-order valence-corrected chi connectivity index (χ3v) is 4.60. The molecular formula is C12H15BrN2O2S. The molecule has 0 radical (unpaired) electrons. The predicted octanol–water partition coefficient (Wildman–Crippen LogP) is 2.45. The van der Waals surface area contributed by atoms with E-state index in [1.165, 1.54) is 16.2 Å². The number of carbonyl (C=O) groups excluding carboxylic acids is 2. The van der Waals surface area contributed by atoms with Crippen LogP contribution in [0.25, 0.3) is 0 Å². The number of nitrogens with two attached hydrogens (primary N) is 1. The van der Waals surface area contributed by atoms with Gasteiger partial charge in [-0.15, -0.1) is 11.3 Å². The highest BCUT2D eigenvalue weighted by atomic mass is 79.9. The van der Waals surface area contributed by atoms with Crippen molar-refractivity contribution < 1.29 is 9.59 Å². The monoisotopic (exact) mass is 330 g/mol. The second-order valence-electron chi connectivity index (χ2n) is 4.27. The van der Waals surface area contributed by atoms with Crippen molar-refractivity contribution in [3.63, 3.8) is 0 Å². The summed E-state index contributed by atoms with van der Waals surface area (Å²) in [5.41, 5.74) is 7.01. The molecule has 1 aliphatic rings. The SMILES string of the molecule is NC(=O)c1c(NC(=O)CCBr)sc2c1CCCC2. The van der Waals surface area contributed by atoms with Gasteiger partial charge in [0.2, 0.25) is 5.91 Å². The molecule has 0 spiro atoms. The van der Waals surface area contributed by atoms with Gasteiger partial charge in [0, 0.05) is 16.6 Å². The minimum Gasteiger partial charge on any atom is -0.365 e. The van der Waals surface area contributed by atoms with Crippen molar-refractivity contribution in [3.05, 3.63) is 16.0 Å². The van der Waals surface area contributed by atoms with E-state index in [1.807, 2.05) is 0 Å². The fourth-order valence-electron chi connectivity index (χ4n) is 2.19. The van der Waals surface area contributed by atoms with Gasteiger partial charge < -0.3 is 11.1 Å². The molecule has 0 bridgehead atoms. The summed E-state index contributed by atoms with van der Waals surface area (Å²) in [6, 6.07) is 0. The number of alkyl halides is 1. The maximum atomic E-state index is 11.6. The number of halogens is 1. The number of anilines is 1. The first-order valence-electron chi connectivity index (χ1n) is 5.93. The van der Waals surface area contributed by atoms with E-state index in [2.05, 4.69) is 21.2 Å². The number of rotatable bonds is 4. The number of thiophene rings is 1. The highest BCUT2D eigenvalue weighted by molar-refractivity contribution is 9.09. The van der Waals surface area contributed by atoms with Crippen LogP contribution < -0.4 is 11.1 Å². The van der Waals surface area contributed by atoms with Gasteiger partial charge >= 0.3 is 0 Å². The number of amides is 2. The molecule has 2 amide bonds. The number of carbonyl (C=O) groups is 2. The Morgan fingerprint density at radius 3 is 2.72 bits per heavy atom. The molecule has 3 N–H and O–H groups in total. The van der Waals surface area contributed by atoms with E-state index in [0.29, 0.717) is 22.3 Å². The molecular weight excluding hydrogens is 316 g/mol. The van der Waals surface area contributed by atoms with Crippen molar-refractivity contribution >= 4 is 44.1 Å². The highest BCUT2D eigenvalue weighted by Crippen LogP contribution is 2.37. The summed E-state index contributed by atoms with van der Waals surface area (Å²) in [6.07, 6.45) is 4.48. The zero-order valence-electron chi connectivity index (χ0n) is 9.92. The maximum Gasteiger partial charge on any atom is 0.251 e. The Hall–Kier alpha value is -0.880. The molecule has 0 fully saturated rings. The number of hydrogen-bond donors (Lipinski definition) is 2. The Morgan fingerprint density at radius 2 is 2.06 bits per heavy atom. The smallest absolute Gasteiger partial charge is 0.251 e. The van der Waals surface area contributed by atoms with Crippen molar-refractivity contribution in [3.8, 4) is 0 Å². The van der Waals surface area contributed by atoms with Gasteiger partial charge in [-0.1, -0.05) is 15.9 Å². The number of fused-ring (bicyclic) bond motifs is 1. The van der Waals surface area contributed by atoms with E-state index in [9.17, 15) is 9.59 Å². The third-order valence-electron chi connectivity index (χ3n) is 2.99. The van der Waals surface area contributed by atoms with Crippen molar-refractivity contribution in [1.29, 1.82) is 0 Å². The van der Waals surface area contributed by atoms with Gasteiger partial charge in [0.05, 0.1) is 5.56 Å². The Labute approximate surface area is 118 Å². The van der Waals surface area contributed by atoms with Gasteiger partial charge in [-0.2, -0.15) is 0 Å². The molecule has 0 saturated heterocycles. The molecule has 1 aromatic heterocycles. The van der Waals surface area contributed by atoms with Crippen molar-refractivity contribution in [2.75, 3.05) is 10.6 Å². The largest absolute Gasteiger partial charge is 0.365 e. The van der Waals surface area contributed by atoms with Gasteiger partial charge in [-0.25, -0.2) is 0 Å². The molecule has 0 atom stereocenters. The van der Waals surface area contributed by atoms with Crippen molar-refractivity contribution in [2.45, 2.75) is 32.1 Å². The Bertz CT molecular complexity index is 485. The molecule has 1 aromatic rings. The summed E-state index contributed by atoms with van der Waals surface area (Å²) in [5.74, 6) is -0.531. The zero-order chi connectivity index (χ0) is 13.1. The van der Waals surface area contributed by atoms with E-state index in [-0.39, 0.29) is 5.91 Å². The molecule has 0 saturated carbocycles. The standard InChI is InChI=1S/C12H15BrN2O2S/c13-6-5-9(16)15-12-10(11(14)17)7-3-1-2-4-8(7)18-12/h1-6H2,(H2,14,17)(H,15,16). The molecule has 2 rings (SSSR count). The van der Waals surface area contributed by atoms with E-state index in [1.54, 1.807) is 0 Å². The molecule has 98 valence electrons. The predicted molar refractivity (Wildman–Crippen MR) is 76.5 cm³/mol. The minimum atomic E-state index is -0.441. The number of aryl methyl sites for hydroxylation is 1. The number of primary amides is 1. The second kappa shape index (κ2) is 5.84. The fourth-order valence-corrected chi connectivity index (χ4v) is 3.86. The van der Waals surface area contributed by atoms with E-state index in [4.69, 9.17) is 5.73 Å². The lowest BCUT2D eigenvalue weighted by molar-refractivity contribution is -0.115. The summed E-state index contributed by atoms with van der Waals surface area (Å²) in [7, 11) is 0. The molecule has 4 nitrogen and oxygen atoms in total. The van der Waals surface area contributed by atoms with Crippen LogP contribution in [0.15, 0.2) is 0 Å². The Balaban J connectivity index is 2.31. The summed E-state index contributed by atoms with van der Waals surface area (Å²) in [6.45, 7) is 0. The maximum absolute atomic E-state index is 11.6. The van der Waals surface area contributed by atoms with Crippen molar-refractivity contribution in [2.24, 2.45) is 5.73 Å². The van der Waals surface area contributed by atoms with Crippen LogP contribution in [0.4, 0.5) is 5.00 Å². The first kappa shape index (κ1) is 13.5. The van der Waals surface area contributed by atoms with Gasteiger partial charge in [0.25, 0.3) is 5.91 Å². The van der Waals surface area contributed by atoms with E-state index in [0.717, 1.165) is 31.2 Å². The third kappa shape index (κ3) is 2.75. The average Bonchev–Trinajstić information content (AvgIpc) is 2.66. The number of nitrogens with one attached hydrogen (secondary N) is 1. The van der Waals surface area contributed by atoms with E-state index < -0.39 is 5.91 Å². The topological polar surface area (TPSA) is 72.2 Å². The summed E-state index contributed by atoms with van der Waals surface area (Å²) < 4.78 is 0. The van der Waals surface area contributed by atoms with Crippen LogP contribution in [0.5, 0.6) is 0 Å². The zero-order valence-corrected chi connectivity index (χ0v) is 12.3. The summed E-state index contributed by atoms with van der Waals surface area (Å²) >= 11 is 4.72. The van der Waals surface area contributed by atoms with Crippen LogP contribution in [-0.2, 0) is 17.6 Å². The van der Waals surface area contributed by atoms with Gasteiger partial charge in [-0.3, -0.25) is 9.59 Å². The fraction of sp³-hybridized carbons (Fsp3) is 0.500. The Kier molecular flexibility index (Phi) is 4.40. The van der Waals surface area contributed by atoms with Crippen LogP contribution in [0.3, 0.4) is 0 Å². The van der Waals surface area contributed by atoms with Crippen LogP contribution in [-0.4, -0.2) is 17.1 Å². The van der Waals surface area contributed by atoms with Crippen LogP contribution in [0.2, 0.25) is 0 Å². The molecule has 1 aliphatic carbocycles. The Morgan fingerprint density at radius 1 is 1.33 bits per heavy atom. The van der Waals surface area contributed by atoms with Crippen LogP contribution >= 0.6 is 27.3 Å². The quantitative estimate of drug-likeness (QED) is 0.832. The van der Waals surface area contributed by atoms with Gasteiger partial charge in [-0.05, 0) is 31.2 Å². The molecule has 18 heavy (non-hydrogen) atoms. The molecule has 0 aromatic carbocycles. The normalized spacial score (nSPS) is 14.1. The number of hydrogen-bond acceptors (Lipinski definition) is 3. The minimum absolute atomic E-state index is 0.0898. The summed E-state index contributed by atoms with van der Waals surface area (Å²) in [4.78, 5) is 24.4. The average molecular weight is 331 g/mol. The van der Waals surface area contributed by atoms with Gasteiger partial charge in [0.15, 0.2) is 0 Å². The lowest BCUT2D eigenvalue weighted by Crippen LogP contribution is -2.18. The highest BCUT2D eigenvalue weighted by Gasteiger charge is 2.24. The second-order valence-corrected chi connectivity index (χ2v) is 6.16. The lowest BCUT2D eigenvalue weighted by Gasteiger charge is -2.11. The first-order chi connectivity index (χ1) is 8.63. The van der Waals surface area contributed by atoms with E-state index >= 15 is 0 Å². The van der Waals surface area contributed by atoms with Gasteiger partial charge in [0.1, 0.15) is 5.00 Å². The van der Waals surface area contributed by atoms with Crippen LogP contribution in [0, 0.1) is 0 Å². The summed E-state index contributed by atoms with van der Waals surface area (Å²) in [5, 5.41) is 4.03.